The van der Waals surface area contributed by atoms with Crippen molar-refractivity contribution in [2.45, 2.75) is 25.9 Å². The van der Waals surface area contributed by atoms with E-state index in [1.807, 2.05) is 13.8 Å². The molecule has 92 valence electrons. The molecule has 0 radical (unpaired) electrons. The highest BCUT2D eigenvalue weighted by molar-refractivity contribution is 6.29. The van der Waals surface area contributed by atoms with Crippen LogP contribution < -0.4 is 0 Å². The summed E-state index contributed by atoms with van der Waals surface area (Å²) in [7, 11) is 0. The quantitative estimate of drug-likeness (QED) is 0.788. The SMILES string of the molecule is CC(C)c1cc(Cl)nn2cc(C(F)(F)F)nc12. The Morgan fingerprint density at radius 3 is 2.53 bits per heavy atom. The first kappa shape index (κ1) is 12.2. The topological polar surface area (TPSA) is 30.2 Å². The Morgan fingerprint density at radius 2 is 2.00 bits per heavy atom. The summed E-state index contributed by atoms with van der Waals surface area (Å²) in [6.07, 6.45) is -3.64. The van der Waals surface area contributed by atoms with Crippen LogP contribution in [0.3, 0.4) is 0 Å². The summed E-state index contributed by atoms with van der Waals surface area (Å²) < 4.78 is 38.6. The van der Waals surface area contributed by atoms with Gasteiger partial charge in [0.1, 0.15) is 5.15 Å². The van der Waals surface area contributed by atoms with Gasteiger partial charge in [-0.15, -0.1) is 0 Å². The van der Waals surface area contributed by atoms with Crippen molar-refractivity contribution >= 4 is 17.2 Å². The van der Waals surface area contributed by atoms with E-state index in [9.17, 15) is 13.2 Å². The van der Waals surface area contributed by atoms with Crippen molar-refractivity contribution in [1.82, 2.24) is 14.6 Å². The molecule has 3 nitrogen and oxygen atoms in total. The van der Waals surface area contributed by atoms with Crippen LogP contribution in [0, 0.1) is 0 Å². The zero-order chi connectivity index (χ0) is 12.8. The lowest BCUT2D eigenvalue weighted by Crippen LogP contribution is -2.04. The van der Waals surface area contributed by atoms with E-state index in [0.29, 0.717) is 5.56 Å². The van der Waals surface area contributed by atoms with Gasteiger partial charge >= 0.3 is 6.18 Å². The number of fused-ring (bicyclic) bond motifs is 1. The van der Waals surface area contributed by atoms with Gasteiger partial charge in [-0.1, -0.05) is 25.4 Å². The fourth-order valence-electron chi connectivity index (χ4n) is 1.53. The Hall–Kier alpha value is -1.30. The number of nitrogens with zero attached hydrogens (tertiary/aromatic N) is 3. The Bertz CT molecular complexity index is 560. The highest BCUT2D eigenvalue weighted by Crippen LogP contribution is 2.30. The predicted octanol–water partition coefficient (Wildman–Crippen LogP) is 3.52. The molecule has 0 bridgehead atoms. The van der Waals surface area contributed by atoms with E-state index in [0.717, 1.165) is 10.7 Å². The summed E-state index contributed by atoms with van der Waals surface area (Å²) in [6, 6.07) is 1.54. The van der Waals surface area contributed by atoms with Gasteiger partial charge in [-0.05, 0) is 12.0 Å². The van der Waals surface area contributed by atoms with Gasteiger partial charge in [-0.3, -0.25) is 0 Å². The van der Waals surface area contributed by atoms with E-state index >= 15 is 0 Å². The van der Waals surface area contributed by atoms with Crippen LogP contribution >= 0.6 is 11.6 Å². The number of hydrogen-bond acceptors (Lipinski definition) is 2. The number of halogens is 4. The van der Waals surface area contributed by atoms with Crippen LogP contribution in [0.1, 0.15) is 31.0 Å². The van der Waals surface area contributed by atoms with Crippen molar-refractivity contribution in [1.29, 1.82) is 0 Å². The zero-order valence-corrected chi connectivity index (χ0v) is 9.84. The molecular weight excluding hydrogens is 255 g/mol. The zero-order valence-electron chi connectivity index (χ0n) is 9.09. The first-order valence-electron chi connectivity index (χ1n) is 4.92. The maximum absolute atomic E-state index is 12.5. The van der Waals surface area contributed by atoms with Gasteiger partial charge in [0.25, 0.3) is 0 Å². The fourth-order valence-corrected chi connectivity index (χ4v) is 1.73. The first-order chi connectivity index (χ1) is 7.79. The lowest BCUT2D eigenvalue weighted by Gasteiger charge is -2.06. The second kappa shape index (κ2) is 3.87. The third-order valence-electron chi connectivity index (χ3n) is 2.34. The summed E-state index contributed by atoms with van der Waals surface area (Å²) in [4.78, 5) is 3.56. The normalized spacial score (nSPS) is 12.6. The number of rotatable bonds is 1. The van der Waals surface area contributed by atoms with Crippen LogP contribution in [0.5, 0.6) is 0 Å². The molecule has 2 aromatic heterocycles. The molecule has 0 aliphatic heterocycles. The maximum atomic E-state index is 12.5. The van der Waals surface area contributed by atoms with Gasteiger partial charge in [0.2, 0.25) is 0 Å². The summed E-state index contributed by atoms with van der Waals surface area (Å²) >= 11 is 5.75. The molecule has 2 aromatic rings. The van der Waals surface area contributed by atoms with Crippen LogP contribution in [0.2, 0.25) is 5.15 Å². The molecule has 7 heteroatoms. The van der Waals surface area contributed by atoms with Gasteiger partial charge in [0.15, 0.2) is 11.3 Å². The molecule has 0 saturated carbocycles. The molecule has 0 N–H and O–H groups in total. The van der Waals surface area contributed by atoms with Crippen LogP contribution in [-0.4, -0.2) is 14.6 Å². The molecule has 2 heterocycles. The van der Waals surface area contributed by atoms with Gasteiger partial charge < -0.3 is 0 Å². The molecule has 0 aromatic carbocycles. The summed E-state index contributed by atoms with van der Waals surface area (Å²) in [5.41, 5.74) is -0.133. The third-order valence-corrected chi connectivity index (χ3v) is 2.52. The average Bonchev–Trinajstić information content (AvgIpc) is 2.58. The lowest BCUT2D eigenvalue weighted by atomic mass is 10.1. The Morgan fingerprint density at radius 1 is 1.35 bits per heavy atom. The molecule has 0 aliphatic rings. The molecule has 17 heavy (non-hydrogen) atoms. The summed E-state index contributed by atoms with van der Waals surface area (Å²) in [5, 5.41) is 3.92. The standard InChI is InChI=1S/C10H9ClF3N3/c1-5(2)6-3-8(11)16-17-4-7(10(12,13)14)15-9(6)17/h3-5H,1-2H3. The van der Waals surface area contributed by atoms with Crippen molar-refractivity contribution in [2.24, 2.45) is 0 Å². The molecule has 0 saturated heterocycles. The molecule has 0 aliphatic carbocycles. The molecule has 0 fully saturated rings. The minimum atomic E-state index is -4.48. The molecule has 2 rings (SSSR count). The van der Waals surface area contributed by atoms with Crippen molar-refractivity contribution < 1.29 is 13.2 Å². The molecule has 0 amide bonds. The van der Waals surface area contributed by atoms with Gasteiger partial charge in [0.05, 0.1) is 6.20 Å². The van der Waals surface area contributed by atoms with Crippen LogP contribution in [0.15, 0.2) is 12.3 Å². The predicted molar refractivity (Wildman–Crippen MR) is 57.1 cm³/mol. The van der Waals surface area contributed by atoms with E-state index in [-0.39, 0.29) is 16.7 Å². The van der Waals surface area contributed by atoms with E-state index in [1.54, 1.807) is 0 Å². The van der Waals surface area contributed by atoms with Crippen LogP contribution in [0.4, 0.5) is 13.2 Å². The monoisotopic (exact) mass is 263 g/mol. The first-order valence-corrected chi connectivity index (χ1v) is 5.30. The van der Waals surface area contributed by atoms with Gasteiger partial charge in [0, 0.05) is 5.56 Å². The van der Waals surface area contributed by atoms with Crippen molar-refractivity contribution in [3.63, 3.8) is 0 Å². The Labute approximate surface area is 100 Å². The fraction of sp³-hybridized carbons (Fsp3) is 0.400. The summed E-state index contributed by atoms with van der Waals surface area (Å²) in [6.45, 7) is 3.71. The van der Waals surface area contributed by atoms with E-state index in [1.165, 1.54) is 6.07 Å². The Balaban J connectivity index is 2.72. The third kappa shape index (κ3) is 2.22. The lowest BCUT2D eigenvalue weighted by molar-refractivity contribution is -0.140. The highest BCUT2D eigenvalue weighted by Gasteiger charge is 2.34. The van der Waals surface area contributed by atoms with Crippen LogP contribution in [0.25, 0.3) is 5.65 Å². The van der Waals surface area contributed by atoms with Crippen molar-refractivity contribution in [3.8, 4) is 0 Å². The maximum Gasteiger partial charge on any atom is 0.434 e. The second-order valence-corrected chi connectivity index (χ2v) is 4.36. The Kier molecular flexibility index (Phi) is 2.77. The van der Waals surface area contributed by atoms with E-state index in [2.05, 4.69) is 10.1 Å². The van der Waals surface area contributed by atoms with E-state index < -0.39 is 11.9 Å². The van der Waals surface area contributed by atoms with Crippen LogP contribution in [-0.2, 0) is 6.18 Å². The average molecular weight is 264 g/mol. The van der Waals surface area contributed by atoms with Crippen molar-refractivity contribution in [3.05, 3.63) is 28.7 Å². The summed E-state index contributed by atoms with van der Waals surface area (Å²) in [5.74, 6) is 0.0153. The second-order valence-electron chi connectivity index (χ2n) is 3.97. The molecule has 0 unspecified atom stereocenters. The number of aromatic nitrogens is 3. The number of alkyl halides is 3. The molecule has 0 spiro atoms. The number of hydrogen-bond donors (Lipinski definition) is 0. The van der Waals surface area contributed by atoms with Gasteiger partial charge in [-0.25, -0.2) is 9.50 Å². The molecule has 0 atom stereocenters. The van der Waals surface area contributed by atoms with E-state index in [4.69, 9.17) is 11.6 Å². The van der Waals surface area contributed by atoms with Gasteiger partial charge in [-0.2, -0.15) is 18.3 Å². The number of imidazole rings is 1. The highest BCUT2D eigenvalue weighted by atomic mass is 35.5. The minimum Gasteiger partial charge on any atom is -0.222 e. The van der Waals surface area contributed by atoms with Crippen molar-refractivity contribution in [2.75, 3.05) is 0 Å². The largest absolute Gasteiger partial charge is 0.434 e. The molecular formula is C10H9ClF3N3. The minimum absolute atomic E-state index is 0.0153. The smallest absolute Gasteiger partial charge is 0.222 e.